The van der Waals surface area contributed by atoms with Crippen molar-refractivity contribution in [2.24, 2.45) is 0 Å². The van der Waals surface area contributed by atoms with Crippen molar-refractivity contribution in [1.82, 2.24) is 14.4 Å². The van der Waals surface area contributed by atoms with Crippen molar-refractivity contribution in [3.8, 4) is 33.6 Å². The normalized spacial score (nSPS) is 11.1. The molecule has 0 amide bonds. The van der Waals surface area contributed by atoms with Crippen LogP contribution in [-0.2, 0) is 20.1 Å². The topological polar surface area (TPSA) is 30.2 Å². The van der Waals surface area contributed by atoms with Crippen LogP contribution in [0.25, 0.3) is 71.7 Å². The fourth-order valence-electron chi connectivity index (χ4n) is 6.32. The van der Waals surface area contributed by atoms with E-state index in [1.807, 2.05) is 55.7 Å². The van der Waals surface area contributed by atoms with E-state index in [1.54, 1.807) is 0 Å². The molecule has 1 radical (unpaired) electrons. The number of para-hydroxylation sites is 2. The maximum Gasteiger partial charge on any atom is 0.0516 e. The van der Waals surface area contributed by atoms with Crippen LogP contribution in [0.2, 0.25) is 0 Å². The van der Waals surface area contributed by atoms with Gasteiger partial charge in [0, 0.05) is 54.4 Å². The van der Waals surface area contributed by atoms with Crippen molar-refractivity contribution < 1.29 is 20.1 Å². The third-order valence-corrected chi connectivity index (χ3v) is 8.52. The third-order valence-electron chi connectivity index (χ3n) is 8.52. The Morgan fingerprint density at radius 2 is 1.30 bits per heavy atom. The molecule has 46 heavy (non-hydrogen) atoms. The predicted octanol–water partition coefficient (Wildman–Crippen LogP) is 10.5. The average molecular weight is 768 g/mol. The number of benzene rings is 5. The van der Waals surface area contributed by atoms with Crippen molar-refractivity contribution in [2.45, 2.75) is 13.8 Å². The minimum Gasteiger partial charge on any atom is -0.350 e. The number of aryl methyl sites for hydroxylation is 2. The van der Waals surface area contributed by atoms with Crippen molar-refractivity contribution >= 4 is 38.1 Å². The summed E-state index contributed by atoms with van der Waals surface area (Å²) in [5, 5.41) is 5.13. The van der Waals surface area contributed by atoms with Crippen LogP contribution in [0.3, 0.4) is 0 Å². The fraction of sp³-hybridized carbons (Fsp3) is 0.0476. The number of hydrogen-bond acceptors (Lipinski definition) is 2. The molecule has 3 nitrogen and oxygen atoms in total. The number of fused-ring (bicyclic) bond motifs is 6. The quantitative estimate of drug-likeness (QED) is 0.168. The molecule has 4 heterocycles. The van der Waals surface area contributed by atoms with E-state index in [0.29, 0.717) is 0 Å². The van der Waals surface area contributed by atoms with Gasteiger partial charge >= 0.3 is 0 Å². The van der Waals surface area contributed by atoms with Gasteiger partial charge in [0.15, 0.2) is 0 Å². The summed E-state index contributed by atoms with van der Waals surface area (Å²) >= 11 is 0. The molecule has 0 N–H and O–H groups in total. The molecule has 9 rings (SSSR count). The Kier molecular flexibility index (Phi) is 7.92. The van der Waals surface area contributed by atoms with Crippen LogP contribution in [-0.4, -0.2) is 14.4 Å². The second kappa shape index (κ2) is 12.3. The first-order valence-corrected chi connectivity index (χ1v) is 15.2. The van der Waals surface area contributed by atoms with Gasteiger partial charge in [-0.05, 0) is 58.9 Å². The van der Waals surface area contributed by atoms with E-state index in [0.717, 1.165) is 22.5 Å². The number of nitrogens with zero attached hydrogens (tertiary/aromatic N) is 3. The van der Waals surface area contributed by atoms with Gasteiger partial charge in [-0.25, -0.2) is 0 Å². The van der Waals surface area contributed by atoms with Crippen LogP contribution in [0.1, 0.15) is 11.1 Å². The maximum absolute atomic E-state index is 4.81. The van der Waals surface area contributed by atoms with E-state index < -0.39 is 0 Å². The summed E-state index contributed by atoms with van der Waals surface area (Å²) in [6.45, 7) is 4.19. The molecule has 223 valence electrons. The van der Waals surface area contributed by atoms with Crippen LogP contribution in [0.4, 0.5) is 0 Å². The SMILES string of the molecule is Cc1cc(-c2[c-]cc3c(c2)c2cccc4c5ccccc5n3c24)ncc1-c1ccccc1.Cc1ccc(-c2[c-]cccc2)nc1.[Ir]. The maximum atomic E-state index is 4.81. The molecule has 0 saturated heterocycles. The van der Waals surface area contributed by atoms with Gasteiger partial charge in [-0.15, -0.1) is 59.7 Å². The van der Waals surface area contributed by atoms with Gasteiger partial charge < -0.3 is 14.4 Å². The Bertz CT molecular complexity index is 2430. The van der Waals surface area contributed by atoms with Crippen LogP contribution >= 0.6 is 0 Å². The molecule has 5 aromatic carbocycles. The van der Waals surface area contributed by atoms with Crippen LogP contribution < -0.4 is 0 Å². The van der Waals surface area contributed by atoms with Gasteiger partial charge in [-0.1, -0.05) is 90.3 Å². The van der Waals surface area contributed by atoms with Crippen molar-refractivity contribution in [1.29, 1.82) is 0 Å². The number of rotatable bonds is 3. The van der Waals surface area contributed by atoms with E-state index in [-0.39, 0.29) is 20.1 Å². The Labute approximate surface area is 281 Å². The summed E-state index contributed by atoms with van der Waals surface area (Å²) in [4.78, 5) is 9.13. The second-order valence-electron chi connectivity index (χ2n) is 11.4. The molecule has 4 aromatic heterocycles. The van der Waals surface area contributed by atoms with Gasteiger partial charge in [0.25, 0.3) is 0 Å². The minimum absolute atomic E-state index is 0. The molecule has 0 aliphatic rings. The van der Waals surface area contributed by atoms with Gasteiger partial charge in [0.05, 0.1) is 5.52 Å². The van der Waals surface area contributed by atoms with Crippen molar-refractivity contribution in [3.05, 3.63) is 163 Å². The standard InChI is InChI=1S/C30H19N2.C12H10N.Ir/c1-19-16-27(31-18-26(19)20-8-3-2-4-9-20)21-14-15-29-25(17-21)24-12-7-11-23-22-10-5-6-13-28(22)32(29)30(23)24;1-10-7-8-12(13-9-10)11-5-3-2-4-6-11;/h2-13,15-18H,1H3;2-5,7-9H,1H3;/q2*-1;. The van der Waals surface area contributed by atoms with E-state index in [4.69, 9.17) is 4.98 Å². The molecule has 0 aliphatic heterocycles. The molecule has 0 atom stereocenters. The molecule has 0 unspecified atom stereocenters. The Hall–Kier alpha value is -5.15. The van der Waals surface area contributed by atoms with Crippen LogP contribution in [0, 0.1) is 26.0 Å². The Morgan fingerprint density at radius 1 is 0.565 bits per heavy atom. The van der Waals surface area contributed by atoms with E-state index in [2.05, 4.69) is 119 Å². The fourth-order valence-corrected chi connectivity index (χ4v) is 6.32. The smallest absolute Gasteiger partial charge is 0.0516 e. The Balaban J connectivity index is 0.000000204. The molecule has 0 saturated carbocycles. The monoisotopic (exact) mass is 768 g/mol. The summed E-state index contributed by atoms with van der Waals surface area (Å²) in [7, 11) is 0. The molecule has 0 aliphatic carbocycles. The minimum atomic E-state index is 0. The molecule has 0 fully saturated rings. The molecular formula is C42H29IrN3-2. The van der Waals surface area contributed by atoms with E-state index >= 15 is 0 Å². The van der Waals surface area contributed by atoms with Gasteiger partial charge in [-0.3, -0.25) is 0 Å². The van der Waals surface area contributed by atoms with Gasteiger partial charge in [0.1, 0.15) is 0 Å². The molecular weight excluding hydrogens is 739 g/mol. The zero-order valence-corrected chi connectivity index (χ0v) is 27.8. The first-order valence-electron chi connectivity index (χ1n) is 15.2. The van der Waals surface area contributed by atoms with E-state index in [9.17, 15) is 0 Å². The largest absolute Gasteiger partial charge is 0.350 e. The first kappa shape index (κ1) is 29.6. The summed E-state index contributed by atoms with van der Waals surface area (Å²) < 4.78 is 2.38. The molecule has 0 bridgehead atoms. The summed E-state index contributed by atoms with van der Waals surface area (Å²) in [5.41, 5.74) is 12.5. The second-order valence-corrected chi connectivity index (χ2v) is 11.4. The molecule has 4 heteroatoms. The summed E-state index contributed by atoms with van der Waals surface area (Å²) in [6.07, 6.45) is 3.86. The van der Waals surface area contributed by atoms with Gasteiger partial charge in [0.2, 0.25) is 0 Å². The number of pyridine rings is 2. The first-order chi connectivity index (χ1) is 22.2. The zero-order valence-electron chi connectivity index (χ0n) is 25.5. The number of hydrogen-bond donors (Lipinski definition) is 0. The molecule has 0 spiro atoms. The summed E-state index contributed by atoms with van der Waals surface area (Å²) in [6, 6.07) is 50.8. The average Bonchev–Trinajstić information content (AvgIpc) is 3.62. The third kappa shape index (κ3) is 5.16. The predicted molar refractivity (Wildman–Crippen MR) is 187 cm³/mol. The Morgan fingerprint density at radius 3 is 2.07 bits per heavy atom. The van der Waals surface area contributed by atoms with E-state index in [1.165, 1.54) is 60.3 Å². The number of aromatic nitrogens is 3. The van der Waals surface area contributed by atoms with Crippen LogP contribution in [0.5, 0.6) is 0 Å². The van der Waals surface area contributed by atoms with Crippen LogP contribution in [0.15, 0.2) is 140 Å². The summed E-state index contributed by atoms with van der Waals surface area (Å²) in [5.74, 6) is 0. The molecule has 9 aromatic rings. The van der Waals surface area contributed by atoms with Crippen molar-refractivity contribution in [3.63, 3.8) is 0 Å². The van der Waals surface area contributed by atoms with Gasteiger partial charge in [-0.2, -0.15) is 0 Å². The zero-order chi connectivity index (χ0) is 30.3. The van der Waals surface area contributed by atoms with Crippen molar-refractivity contribution in [2.75, 3.05) is 0 Å².